The zero-order valence-corrected chi connectivity index (χ0v) is 4.67. The Morgan fingerprint density at radius 3 is 1.83 bits per heavy atom. The summed E-state index contributed by atoms with van der Waals surface area (Å²) < 4.78 is 0. The molecule has 4 heteroatoms. The van der Waals surface area contributed by atoms with E-state index < -0.39 is 0 Å². The zero-order chi connectivity index (χ0) is 3.54. The Kier molecular flexibility index (Phi) is 2.71. The maximum Gasteiger partial charge on any atom is 0.0690 e. The molecule has 1 heterocycles. The number of aromatic amines is 1. The monoisotopic (exact) mass is 149 g/mol. The van der Waals surface area contributed by atoms with Gasteiger partial charge >= 0.3 is 0 Å². The zero-order valence-electron chi connectivity index (χ0n) is 2.96. The van der Waals surface area contributed by atoms with Crippen LogP contribution in [0.3, 0.4) is 0 Å². The minimum atomic E-state index is 0. The second kappa shape index (κ2) is 2.87. The van der Waals surface area contributed by atoms with Gasteiger partial charge in [-0.25, -0.2) is 0 Å². The number of nitrogens with zero attached hydrogens (tertiary/aromatic N) is 2. The van der Waals surface area contributed by atoms with E-state index in [1.165, 1.54) is 0 Å². The molecule has 0 aliphatic carbocycles. The molecule has 0 aliphatic rings. The van der Waals surface area contributed by atoms with Crippen molar-refractivity contribution < 1.29 is 0 Å². The van der Waals surface area contributed by atoms with Crippen molar-refractivity contribution in [1.29, 1.82) is 0 Å². The van der Waals surface area contributed by atoms with E-state index in [0.29, 0.717) is 0 Å². The largest absolute Gasteiger partial charge is 0.198 e. The van der Waals surface area contributed by atoms with Crippen LogP contribution in [0, 0.1) is 0 Å². The topological polar surface area (TPSA) is 41.6 Å². The summed E-state index contributed by atoms with van der Waals surface area (Å²) in [5.41, 5.74) is 0. The van der Waals surface area contributed by atoms with Gasteiger partial charge in [-0.1, -0.05) is 0 Å². The first-order chi connectivity index (χ1) is 2.50. The van der Waals surface area contributed by atoms with Crippen molar-refractivity contribution in [1.82, 2.24) is 15.4 Å². The second-order valence-electron chi connectivity index (χ2n) is 0.656. The predicted octanol–water partition coefficient (Wildman–Crippen LogP) is -0.576. The predicted molar refractivity (Wildman–Crippen MR) is 22.1 cm³/mol. The van der Waals surface area contributed by atoms with Gasteiger partial charge in [0, 0.05) is 17.1 Å². The summed E-state index contributed by atoms with van der Waals surface area (Å²) in [5, 5.41) is 9.33. The number of hydrogen-bond acceptors (Lipinski definition) is 2. The number of nitrogens with one attached hydrogen (secondary N) is 1. The SMILES string of the molecule is [Se].c1cn[nH]n1. The van der Waals surface area contributed by atoms with Crippen molar-refractivity contribution in [2.24, 2.45) is 0 Å². The van der Waals surface area contributed by atoms with E-state index in [4.69, 9.17) is 0 Å². The molecule has 1 aromatic heterocycles. The molecule has 2 radical (unpaired) electrons. The molecule has 0 fully saturated rings. The molecule has 0 spiro atoms. The summed E-state index contributed by atoms with van der Waals surface area (Å²) in [7, 11) is 0. The van der Waals surface area contributed by atoms with E-state index in [-0.39, 0.29) is 17.1 Å². The van der Waals surface area contributed by atoms with Crippen LogP contribution in [0.15, 0.2) is 12.4 Å². The third kappa shape index (κ3) is 1.19. The second-order valence-corrected chi connectivity index (χ2v) is 0.656. The summed E-state index contributed by atoms with van der Waals surface area (Å²) in [6.45, 7) is 0. The molecule has 6 heavy (non-hydrogen) atoms. The molecule has 0 saturated carbocycles. The van der Waals surface area contributed by atoms with Gasteiger partial charge in [-0.3, -0.25) is 0 Å². The first-order valence-corrected chi connectivity index (χ1v) is 1.30. The molecular formula is C2H3N3Se. The van der Waals surface area contributed by atoms with Gasteiger partial charge in [0.25, 0.3) is 0 Å². The van der Waals surface area contributed by atoms with Crippen molar-refractivity contribution >= 4 is 17.1 Å². The van der Waals surface area contributed by atoms with Gasteiger partial charge in [0.15, 0.2) is 0 Å². The number of H-pyrrole nitrogens is 1. The number of rotatable bonds is 0. The van der Waals surface area contributed by atoms with Gasteiger partial charge in [-0.15, -0.1) is 0 Å². The van der Waals surface area contributed by atoms with Crippen molar-refractivity contribution in [2.45, 2.75) is 0 Å². The average molecular weight is 148 g/mol. The summed E-state index contributed by atoms with van der Waals surface area (Å²) in [4.78, 5) is 0. The summed E-state index contributed by atoms with van der Waals surface area (Å²) in [5.74, 6) is 0. The summed E-state index contributed by atoms with van der Waals surface area (Å²) in [6.07, 6.45) is 3.17. The molecule has 0 amide bonds. The van der Waals surface area contributed by atoms with Crippen LogP contribution >= 0.6 is 0 Å². The Labute approximate surface area is 45.6 Å². The normalized spacial score (nSPS) is 6.67. The van der Waals surface area contributed by atoms with Crippen LogP contribution in [-0.2, 0) is 0 Å². The molecule has 1 aromatic rings. The Balaban J connectivity index is 0.000000250. The molecular weight excluding hydrogens is 145 g/mol. The number of hydrogen-bond donors (Lipinski definition) is 1. The van der Waals surface area contributed by atoms with Crippen LogP contribution < -0.4 is 0 Å². The molecule has 1 rings (SSSR count). The Hall–Kier alpha value is -0.341. The van der Waals surface area contributed by atoms with Crippen molar-refractivity contribution in [3.63, 3.8) is 0 Å². The summed E-state index contributed by atoms with van der Waals surface area (Å²) in [6, 6.07) is 0. The fraction of sp³-hybridized carbons (Fsp3) is 0. The smallest absolute Gasteiger partial charge is 0.0690 e. The van der Waals surface area contributed by atoms with Gasteiger partial charge < -0.3 is 0 Å². The molecule has 32 valence electrons. The van der Waals surface area contributed by atoms with Crippen molar-refractivity contribution in [3.8, 4) is 0 Å². The molecule has 0 bridgehead atoms. The first kappa shape index (κ1) is 5.66. The molecule has 0 atom stereocenters. The third-order valence-electron chi connectivity index (χ3n) is 0.331. The van der Waals surface area contributed by atoms with Gasteiger partial charge in [-0.05, 0) is 0 Å². The molecule has 3 nitrogen and oxygen atoms in total. The Morgan fingerprint density at radius 2 is 1.67 bits per heavy atom. The van der Waals surface area contributed by atoms with Crippen LogP contribution in [0.5, 0.6) is 0 Å². The van der Waals surface area contributed by atoms with Crippen LogP contribution in [0.2, 0.25) is 0 Å². The van der Waals surface area contributed by atoms with Crippen LogP contribution in [0.1, 0.15) is 0 Å². The van der Waals surface area contributed by atoms with Crippen LogP contribution in [0.4, 0.5) is 0 Å². The van der Waals surface area contributed by atoms with Crippen LogP contribution in [0.25, 0.3) is 0 Å². The molecule has 0 saturated heterocycles. The molecule has 0 unspecified atom stereocenters. The minimum Gasteiger partial charge on any atom is -0.198 e. The standard InChI is InChI=1S/C2H3N3.Se/c1-2-4-5-3-1;/h1-2H,(H,3,4,5);. The fourth-order valence-electron chi connectivity index (χ4n) is 0.167. The molecule has 1 N–H and O–H groups in total. The van der Waals surface area contributed by atoms with Crippen molar-refractivity contribution in [2.75, 3.05) is 0 Å². The quantitative estimate of drug-likeness (QED) is 0.500. The van der Waals surface area contributed by atoms with E-state index in [0.717, 1.165) is 0 Å². The van der Waals surface area contributed by atoms with Gasteiger partial charge in [0.2, 0.25) is 0 Å². The van der Waals surface area contributed by atoms with E-state index in [1.54, 1.807) is 12.4 Å². The number of aromatic nitrogens is 3. The van der Waals surface area contributed by atoms with Gasteiger partial charge in [-0.2, -0.15) is 15.4 Å². The average Bonchev–Trinajstić information content (AvgIpc) is 1.76. The summed E-state index contributed by atoms with van der Waals surface area (Å²) >= 11 is 0. The first-order valence-electron chi connectivity index (χ1n) is 1.30. The minimum absolute atomic E-state index is 0. The Morgan fingerprint density at radius 1 is 1.17 bits per heavy atom. The maximum atomic E-state index is 3.49. The van der Waals surface area contributed by atoms with E-state index in [1.807, 2.05) is 0 Å². The van der Waals surface area contributed by atoms with E-state index in [9.17, 15) is 0 Å². The van der Waals surface area contributed by atoms with E-state index >= 15 is 0 Å². The van der Waals surface area contributed by atoms with Crippen molar-refractivity contribution in [3.05, 3.63) is 12.4 Å². The molecule has 0 aliphatic heterocycles. The maximum absolute atomic E-state index is 3.49. The Bertz CT molecular complexity index is 65.3. The van der Waals surface area contributed by atoms with Crippen LogP contribution in [-0.4, -0.2) is 32.5 Å². The fourth-order valence-corrected chi connectivity index (χ4v) is 0.167. The third-order valence-corrected chi connectivity index (χ3v) is 0.331. The molecule has 0 aromatic carbocycles. The van der Waals surface area contributed by atoms with Gasteiger partial charge in [0.05, 0.1) is 12.4 Å². The van der Waals surface area contributed by atoms with E-state index in [2.05, 4.69) is 15.4 Å². The van der Waals surface area contributed by atoms with Gasteiger partial charge in [0.1, 0.15) is 0 Å².